The number of aliphatic hydroxyl groups excluding tert-OH is 1. The Bertz CT molecular complexity index is 787. The zero-order valence-corrected chi connectivity index (χ0v) is 17.3. The number of hydrogen-bond acceptors (Lipinski definition) is 7. The second-order valence-corrected chi connectivity index (χ2v) is 7.46. The third-order valence-electron chi connectivity index (χ3n) is 4.94. The summed E-state index contributed by atoms with van der Waals surface area (Å²) in [5.41, 5.74) is 2.11. The summed E-state index contributed by atoms with van der Waals surface area (Å²) in [7, 11) is 0. The maximum Gasteiger partial charge on any atom is 0.337 e. The van der Waals surface area contributed by atoms with Gasteiger partial charge in [-0.3, -0.25) is 4.79 Å². The molecule has 2 aliphatic rings. The van der Waals surface area contributed by atoms with E-state index in [4.69, 9.17) is 14.2 Å². The van der Waals surface area contributed by atoms with E-state index in [0.717, 1.165) is 11.1 Å². The number of hydrogen-bond donors (Lipinski definition) is 1. The molecule has 0 aromatic heterocycles. The zero-order valence-electron chi connectivity index (χ0n) is 17.3. The second-order valence-electron chi connectivity index (χ2n) is 7.46. The topological polar surface area (TPSA) is 99.1 Å². The molecule has 0 unspecified atom stereocenters. The molecule has 0 amide bonds. The normalized spacial score (nSPS) is 28.0. The number of aliphatic hydroxyl groups is 1. The van der Waals surface area contributed by atoms with Gasteiger partial charge in [0.1, 0.15) is 18.8 Å². The van der Waals surface area contributed by atoms with Crippen molar-refractivity contribution in [1.82, 2.24) is 0 Å². The van der Waals surface area contributed by atoms with E-state index < -0.39 is 42.1 Å². The Balaban J connectivity index is 2.34. The summed E-state index contributed by atoms with van der Waals surface area (Å²) in [5.74, 6) is -2.23. The predicted molar refractivity (Wildman–Crippen MR) is 106 cm³/mol. The fraction of sp³-hybridized carbons (Fsp3) is 0.500. The van der Waals surface area contributed by atoms with Crippen molar-refractivity contribution in [2.75, 3.05) is 6.61 Å². The lowest BCUT2D eigenvalue weighted by Gasteiger charge is -2.28. The minimum Gasteiger partial charge on any atom is -0.461 e. The summed E-state index contributed by atoms with van der Waals surface area (Å²) < 4.78 is 16.1. The zero-order chi connectivity index (χ0) is 21.7. The monoisotopic (exact) mass is 404 g/mol. The van der Waals surface area contributed by atoms with Gasteiger partial charge in [0.25, 0.3) is 0 Å². The van der Waals surface area contributed by atoms with E-state index in [2.05, 4.69) is 6.58 Å². The number of carbonyl (C=O) groups excluding carboxylic acids is 3. The molecule has 1 aliphatic carbocycles. The molecule has 158 valence electrons. The lowest BCUT2D eigenvalue weighted by atomic mass is 9.85. The van der Waals surface area contributed by atoms with Gasteiger partial charge in [0.15, 0.2) is 0 Å². The van der Waals surface area contributed by atoms with Gasteiger partial charge in [0.05, 0.1) is 17.6 Å². The van der Waals surface area contributed by atoms with Crippen molar-refractivity contribution in [2.45, 2.75) is 58.8 Å². The highest BCUT2D eigenvalue weighted by Gasteiger charge is 2.44. The molecule has 29 heavy (non-hydrogen) atoms. The van der Waals surface area contributed by atoms with Gasteiger partial charge in [-0.1, -0.05) is 29.9 Å². The summed E-state index contributed by atoms with van der Waals surface area (Å²) in [4.78, 5) is 35.9. The number of esters is 3. The fourth-order valence-corrected chi connectivity index (χ4v) is 3.53. The van der Waals surface area contributed by atoms with E-state index in [0.29, 0.717) is 12.8 Å². The highest BCUT2D eigenvalue weighted by Crippen LogP contribution is 2.36. The highest BCUT2D eigenvalue weighted by molar-refractivity contribution is 5.92. The molecule has 0 bridgehead atoms. The van der Waals surface area contributed by atoms with Crippen molar-refractivity contribution in [3.8, 4) is 0 Å². The first-order chi connectivity index (χ1) is 13.6. The van der Waals surface area contributed by atoms with Crippen LogP contribution in [-0.2, 0) is 28.6 Å². The largest absolute Gasteiger partial charge is 0.461 e. The molecule has 7 nitrogen and oxygen atoms in total. The third-order valence-corrected chi connectivity index (χ3v) is 4.94. The van der Waals surface area contributed by atoms with Crippen LogP contribution in [0.2, 0.25) is 0 Å². The molecule has 1 heterocycles. The summed E-state index contributed by atoms with van der Waals surface area (Å²) in [6.07, 6.45) is 3.68. The smallest absolute Gasteiger partial charge is 0.337 e. The van der Waals surface area contributed by atoms with Crippen LogP contribution in [0.15, 0.2) is 47.1 Å². The molecule has 4 atom stereocenters. The minimum atomic E-state index is -0.732. The van der Waals surface area contributed by atoms with Crippen molar-refractivity contribution in [3.63, 3.8) is 0 Å². The van der Waals surface area contributed by atoms with Gasteiger partial charge in [-0.15, -0.1) is 0 Å². The van der Waals surface area contributed by atoms with Crippen LogP contribution in [0.25, 0.3) is 0 Å². The predicted octanol–water partition coefficient (Wildman–Crippen LogP) is 2.55. The molecule has 7 heteroatoms. The first-order valence-electron chi connectivity index (χ1n) is 9.54. The van der Waals surface area contributed by atoms with E-state index in [1.807, 2.05) is 13.8 Å². The Morgan fingerprint density at radius 3 is 2.55 bits per heavy atom. The molecule has 0 aromatic rings. The van der Waals surface area contributed by atoms with Crippen LogP contribution in [0.3, 0.4) is 0 Å². The standard InChI is InChI=1S/C22H28O7/c1-6-16(11-27-15(5)23)22(26)29-19-10-13(3)8-17(24)7-12(2)9-18-20(19)14(4)21(25)28-18/h6,8-9,17-20,24H,4,7,10-11H2,1-3,5H3/t17-,18+,19-,20+/m1/s1. The van der Waals surface area contributed by atoms with Crippen LogP contribution in [0.5, 0.6) is 0 Å². The Morgan fingerprint density at radius 2 is 1.93 bits per heavy atom. The molecule has 0 radical (unpaired) electrons. The second kappa shape index (κ2) is 9.69. The number of ether oxygens (including phenoxy) is 3. The van der Waals surface area contributed by atoms with Gasteiger partial charge in [-0.25, -0.2) is 9.59 Å². The van der Waals surface area contributed by atoms with Crippen molar-refractivity contribution >= 4 is 17.9 Å². The van der Waals surface area contributed by atoms with Crippen molar-refractivity contribution in [2.24, 2.45) is 5.92 Å². The minimum absolute atomic E-state index is 0.193. The van der Waals surface area contributed by atoms with Crippen molar-refractivity contribution in [3.05, 3.63) is 47.1 Å². The summed E-state index contributed by atoms with van der Waals surface area (Å²) in [6.45, 7) is 10.2. The van der Waals surface area contributed by atoms with E-state index in [1.165, 1.54) is 13.0 Å². The summed E-state index contributed by atoms with van der Waals surface area (Å²) in [5, 5.41) is 10.2. The van der Waals surface area contributed by atoms with Crippen LogP contribution in [0, 0.1) is 5.92 Å². The number of allylic oxidation sites excluding steroid dienone is 1. The van der Waals surface area contributed by atoms with Crippen LogP contribution in [0.4, 0.5) is 0 Å². The molecule has 1 saturated heterocycles. The molecule has 0 spiro atoms. The summed E-state index contributed by atoms with van der Waals surface area (Å²) >= 11 is 0. The maximum atomic E-state index is 12.7. The molecular weight excluding hydrogens is 376 g/mol. The molecule has 0 saturated carbocycles. The third kappa shape index (κ3) is 5.90. The number of fused-ring (bicyclic) bond motifs is 1. The van der Waals surface area contributed by atoms with Gasteiger partial charge < -0.3 is 19.3 Å². The maximum absolute atomic E-state index is 12.7. The lowest BCUT2D eigenvalue weighted by molar-refractivity contribution is -0.148. The Hall–Kier alpha value is -2.67. The Kier molecular flexibility index (Phi) is 7.56. The van der Waals surface area contributed by atoms with Crippen LogP contribution >= 0.6 is 0 Å². The summed E-state index contributed by atoms with van der Waals surface area (Å²) in [6, 6.07) is 0. The van der Waals surface area contributed by atoms with Gasteiger partial charge in [-0.2, -0.15) is 0 Å². The average Bonchev–Trinajstić information content (AvgIpc) is 2.87. The Labute approximate surface area is 170 Å². The molecular formula is C22H28O7. The average molecular weight is 404 g/mol. The SMILES string of the molecule is C=C1C(=O)O[C@H]2C=C(C)C[C@@H](O)C=C(C)C[C@@H](OC(=O)C(=CC)COC(C)=O)[C@@H]12. The number of rotatable bonds is 4. The van der Waals surface area contributed by atoms with Crippen LogP contribution in [-0.4, -0.2) is 47.9 Å². The molecule has 1 N–H and O–H groups in total. The molecule has 1 aliphatic heterocycles. The van der Waals surface area contributed by atoms with Crippen LogP contribution in [0.1, 0.15) is 40.5 Å². The highest BCUT2D eigenvalue weighted by atomic mass is 16.6. The van der Waals surface area contributed by atoms with E-state index in [1.54, 1.807) is 19.1 Å². The van der Waals surface area contributed by atoms with Gasteiger partial charge in [0.2, 0.25) is 0 Å². The van der Waals surface area contributed by atoms with E-state index in [9.17, 15) is 19.5 Å². The molecule has 1 fully saturated rings. The Morgan fingerprint density at radius 1 is 1.28 bits per heavy atom. The van der Waals surface area contributed by atoms with E-state index in [-0.39, 0.29) is 17.8 Å². The lowest BCUT2D eigenvalue weighted by Crippen LogP contribution is -2.34. The fourth-order valence-electron chi connectivity index (χ4n) is 3.53. The van der Waals surface area contributed by atoms with Gasteiger partial charge >= 0.3 is 17.9 Å². The molecule has 2 rings (SSSR count). The van der Waals surface area contributed by atoms with Crippen molar-refractivity contribution < 1.29 is 33.7 Å². The quantitative estimate of drug-likeness (QED) is 0.333. The van der Waals surface area contributed by atoms with Gasteiger partial charge in [0, 0.05) is 18.9 Å². The number of carbonyl (C=O) groups is 3. The first kappa shape index (κ1) is 22.6. The van der Waals surface area contributed by atoms with Crippen molar-refractivity contribution in [1.29, 1.82) is 0 Å². The first-order valence-corrected chi connectivity index (χ1v) is 9.54. The molecule has 0 aromatic carbocycles. The van der Waals surface area contributed by atoms with E-state index >= 15 is 0 Å². The van der Waals surface area contributed by atoms with Crippen LogP contribution < -0.4 is 0 Å². The van der Waals surface area contributed by atoms with Gasteiger partial charge in [-0.05, 0) is 33.3 Å².